The molecule has 2 rings (SSSR count). The van der Waals surface area contributed by atoms with Crippen LogP contribution in [-0.4, -0.2) is 15.3 Å². The fourth-order valence-electron chi connectivity index (χ4n) is 1.38. The number of imidazole rings is 1. The van der Waals surface area contributed by atoms with Gasteiger partial charge in [0.15, 0.2) is 5.82 Å². The van der Waals surface area contributed by atoms with Crippen molar-refractivity contribution in [2.45, 2.75) is 0 Å². The molecule has 16 heavy (non-hydrogen) atoms. The maximum absolute atomic E-state index is 12.2. The molecule has 0 aliphatic heterocycles. The van der Waals surface area contributed by atoms with Gasteiger partial charge in [0.25, 0.3) is 0 Å². The third-order valence-corrected chi connectivity index (χ3v) is 3.38. The number of aryl methyl sites for hydroxylation is 1. The summed E-state index contributed by atoms with van der Waals surface area (Å²) in [4.78, 5) is 16.2. The summed E-state index contributed by atoms with van der Waals surface area (Å²) in [7, 11) is 1.80. The van der Waals surface area contributed by atoms with E-state index in [1.54, 1.807) is 30.1 Å². The van der Waals surface area contributed by atoms with Crippen molar-refractivity contribution in [2.75, 3.05) is 0 Å². The summed E-state index contributed by atoms with van der Waals surface area (Å²) >= 11 is 6.71. The van der Waals surface area contributed by atoms with Crippen molar-refractivity contribution in [1.29, 1.82) is 0 Å². The predicted octanol–water partition coefficient (Wildman–Crippen LogP) is 3.18. The van der Waals surface area contributed by atoms with E-state index in [1.165, 1.54) is 0 Å². The second kappa shape index (κ2) is 4.51. The van der Waals surface area contributed by atoms with Crippen LogP contribution in [0.25, 0.3) is 0 Å². The van der Waals surface area contributed by atoms with Crippen molar-refractivity contribution < 1.29 is 4.79 Å². The molecule has 0 N–H and O–H groups in total. The average molecular weight is 344 g/mol. The van der Waals surface area contributed by atoms with Crippen LogP contribution in [-0.2, 0) is 7.05 Å². The van der Waals surface area contributed by atoms with E-state index in [2.05, 4.69) is 36.8 Å². The number of carbonyl (C=O) groups excluding carboxylic acids is 1. The van der Waals surface area contributed by atoms with Crippen LogP contribution < -0.4 is 0 Å². The molecule has 3 nitrogen and oxygen atoms in total. The molecule has 0 fully saturated rings. The van der Waals surface area contributed by atoms with Crippen molar-refractivity contribution in [3.8, 4) is 0 Å². The zero-order chi connectivity index (χ0) is 11.7. The van der Waals surface area contributed by atoms with Gasteiger partial charge in [0.05, 0.1) is 0 Å². The molecule has 1 heterocycles. The van der Waals surface area contributed by atoms with E-state index in [9.17, 15) is 4.79 Å². The number of benzene rings is 1. The molecular formula is C11H8Br2N2O. The molecule has 0 radical (unpaired) electrons. The highest BCUT2D eigenvalue weighted by atomic mass is 79.9. The summed E-state index contributed by atoms with van der Waals surface area (Å²) in [6, 6.07) is 5.49. The maximum Gasteiger partial charge on any atom is 0.229 e. The molecule has 0 unspecified atom stereocenters. The van der Waals surface area contributed by atoms with Gasteiger partial charge < -0.3 is 4.57 Å². The number of halogens is 2. The van der Waals surface area contributed by atoms with Crippen LogP contribution in [0, 0.1) is 0 Å². The second-order valence-electron chi connectivity index (χ2n) is 3.32. The topological polar surface area (TPSA) is 34.9 Å². The van der Waals surface area contributed by atoms with Gasteiger partial charge in [-0.25, -0.2) is 4.98 Å². The zero-order valence-electron chi connectivity index (χ0n) is 8.45. The summed E-state index contributed by atoms with van der Waals surface area (Å²) in [5.41, 5.74) is 0.601. The van der Waals surface area contributed by atoms with E-state index in [1.807, 2.05) is 12.1 Å². The fourth-order valence-corrected chi connectivity index (χ4v) is 2.16. The predicted molar refractivity (Wildman–Crippen MR) is 68.5 cm³/mol. The van der Waals surface area contributed by atoms with Gasteiger partial charge in [0.2, 0.25) is 5.78 Å². The van der Waals surface area contributed by atoms with Crippen LogP contribution in [0.3, 0.4) is 0 Å². The Balaban J connectivity index is 2.49. The second-order valence-corrected chi connectivity index (χ2v) is 5.09. The normalized spacial score (nSPS) is 10.4. The first-order chi connectivity index (χ1) is 7.59. The first-order valence-electron chi connectivity index (χ1n) is 4.56. The summed E-state index contributed by atoms with van der Waals surface area (Å²) in [6.07, 6.45) is 3.36. The fraction of sp³-hybridized carbons (Fsp3) is 0.0909. The zero-order valence-corrected chi connectivity index (χ0v) is 11.6. The summed E-state index contributed by atoms with van der Waals surface area (Å²) in [5.74, 6) is 0.333. The smallest absolute Gasteiger partial charge is 0.229 e. The third kappa shape index (κ3) is 2.10. The van der Waals surface area contributed by atoms with Crippen molar-refractivity contribution in [3.05, 3.63) is 50.9 Å². The standard InChI is InChI=1S/C11H8Br2N2O/c1-15-5-4-14-11(15)10(16)8-6-7(12)2-3-9(8)13/h2-6H,1H3. The number of nitrogens with zero attached hydrogens (tertiary/aromatic N) is 2. The number of hydrogen-bond donors (Lipinski definition) is 0. The Bertz CT molecular complexity index is 549. The average Bonchev–Trinajstić information content (AvgIpc) is 2.67. The summed E-state index contributed by atoms with van der Waals surface area (Å²) in [5, 5.41) is 0. The SMILES string of the molecule is Cn1ccnc1C(=O)c1cc(Br)ccc1Br. The Morgan fingerprint density at radius 2 is 2.12 bits per heavy atom. The molecule has 0 atom stereocenters. The Morgan fingerprint density at radius 3 is 2.75 bits per heavy atom. The number of hydrogen-bond acceptors (Lipinski definition) is 2. The molecule has 0 spiro atoms. The van der Waals surface area contributed by atoms with E-state index in [-0.39, 0.29) is 5.78 Å². The van der Waals surface area contributed by atoms with Gasteiger partial charge in [-0.05, 0) is 18.2 Å². The third-order valence-electron chi connectivity index (χ3n) is 2.20. The molecule has 0 bridgehead atoms. The van der Waals surface area contributed by atoms with Gasteiger partial charge >= 0.3 is 0 Å². The van der Waals surface area contributed by atoms with E-state index in [4.69, 9.17) is 0 Å². The largest absolute Gasteiger partial charge is 0.331 e. The van der Waals surface area contributed by atoms with Crippen molar-refractivity contribution in [2.24, 2.45) is 7.05 Å². The highest BCUT2D eigenvalue weighted by Crippen LogP contribution is 2.23. The summed E-state index contributed by atoms with van der Waals surface area (Å²) < 4.78 is 3.34. The monoisotopic (exact) mass is 342 g/mol. The minimum Gasteiger partial charge on any atom is -0.331 e. The lowest BCUT2D eigenvalue weighted by Gasteiger charge is -2.04. The molecule has 5 heteroatoms. The van der Waals surface area contributed by atoms with Gasteiger partial charge in [-0.1, -0.05) is 31.9 Å². The highest BCUT2D eigenvalue weighted by Gasteiger charge is 2.16. The maximum atomic E-state index is 12.2. The Hall–Kier alpha value is -0.940. The van der Waals surface area contributed by atoms with Crippen molar-refractivity contribution in [1.82, 2.24) is 9.55 Å². The molecule has 2 aromatic rings. The first-order valence-corrected chi connectivity index (χ1v) is 6.15. The molecule has 82 valence electrons. The van der Waals surface area contributed by atoms with Gasteiger partial charge in [-0.3, -0.25) is 4.79 Å². The number of rotatable bonds is 2. The molecule has 0 saturated carbocycles. The van der Waals surface area contributed by atoms with E-state index in [0.29, 0.717) is 11.4 Å². The van der Waals surface area contributed by atoms with Crippen LogP contribution in [0.5, 0.6) is 0 Å². The van der Waals surface area contributed by atoms with Crippen LogP contribution in [0.15, 0.2) is 39.5 Å². The van der Waals surface area contributed by atoms with E-state index in [0.717, 1.165) is 8.95 Å². The van der Waals surface area contributed by atoms with Gasteiger partial charge in [-0.15, -0.1) is 0 Å². The van der Waals surface area contributed by atoms with Crippen molar-refractivity contribution in [3.63, 3.8) is 0 Å². The minimum absolute atomic E-state index is 0.0966. The number of ketones is 1. The first kappa shape index (κ1) is 11.5. The van der Waals surface area contributed by atoms with Crippen LogP contribution in [0.4, 0.5) is 0 Å². The quantitative estimate of drug-likeness (QED) is 0.785. The van der Waals surface area contributed by atoms with Crippen LogP contribution in [0.2, 0.25) is 0 Å². The molecule has 0 aliphatic rings. The molecule has 1 aromatic carbocycles. The van der Waals surface area contributed by atoms with E-state index < -0.39 is 0 Å². The molecule has 0 amide bonds. The van der Waals surface area contributed by atoms with Crippen LogP contribution in [0.1, 0.15) is 16.2 Å². The van der Waals surface area contributed by atoms with Gasteiger partial charge in [0.1, 0.15) is 0 Å². The van der Waals surface area contributed by atoms with Crippen molar-refractivity contribution >= 4 is 37.6 Å². The lowest BCUT2D eigenvalue weighted by Crippen LogP contribution is -2.09. The Labute approximate surface area is 110 Å². The molecule has 0 saturated heterocycles. The molecule has 0 aliphatic carbocycles. The lowest BCUT2D eigenvalue weighted by atomic mass is 10.1. The highest BCUT2D eigenvalue weighted by molar-refractivity contribution is 9.11. The van der Waals surface area contributed by atoms with Gasteiger partial charge in [0, 0.05) is 34.0 Å². The lowest BCUT2D eigenvalue weighted by molar-refractivity contribution is 0.102. The number of carbonyl (C=O) groups is 1. The number of aromatic nitrogens is 2. The Morgan fingerprint density at radius 1 is 1.38 bits per heavy atom. The minimum atomic E-state index is -0.0966. The molecular weight excluding hydrogens is 336 g/mol. The summed E-state index contributed by atoms with van der Waals surface area (Å²) in [6.45, 7) is 0. The van der Waals surface area contributed by atoms with Crippen LogP contribution >= 0.6 is 31.9 Å². The van der Waals surface area contributed by atoms with Gasteiger partial charge in [-0.2, -0.15) is 0 Å². The molecule has 1 aromatic heterocycles. The van der Waals surface area contributed by atoms with E-state index >= 15 is 0 Å². The Kier molecular flexibility index (Phi) is 3.25.